The quantitative estimate of drug-likeness (QED) is 0.783. The van der Waals surface area contributed by atoms with Gasteiger partial charge in [-0.25, -0.2) is 13.1 Å². The third-order valence-corrected chi connectivity index (χ3v) is 6.64. The number of nitrogens with zero attached hydrogens (tertiary/aromatic N) is 1. The molecule has 2 N–H and O–H groups in total. The van der Waals surface area contributed by atoms with E-state index in [1.165, 1.54) is 12.1 Å². The molecular weight excluding hydrogens is 378 g/mol. The van der Waals surface area contributed by atoms with Crippen LogP contribution >= 0.6 is 0 Å². The Balaban J connectivity index is 1.66. The first-order valence-electron chi connectivity index (χ1n) is 9.79. The van der Waals surface area contributed by atoms with Gasteiger partial charge in [0.15, 0.2) is 0 Å². The maximum absolute atomic E-state index is 12.7. The van der Waals surface area contributed by atoms with E-state index in [2.05, 4.69) is 10.0 Å². The van der Waals surface area contributed by atoms with Gasteiger partial charge in [0.05, 0.1) is 10.8 Å². The van der Waals surface area contributed by atoms with Crippen LogP contribution in [0.4, 0.5) is 5.69 Å². The van der Waals surface area contributed by atoms with Crippen LogP contribution in [0.1, 0.15) is 46.5 Å². The van der Waals surface area contributed by atoms with Gasteiger partial charge in [-0.15, -0.1) is 0 Å². The molecule has 1 aromatic carbocycles. The molecule has 1 saturated heterocycles. The van der Waals surface area contributed by atoms with Crippen molar-refractivity contribution in [3.8, 4) is 0 Å². The van der Waals surface area contributed by atoms with Crippen molar-refractivity contribution in [2.24, 2.45) is 11.8 Å². The van der Waals surface area contributed by atoms with Gasteiger partial charge in [-0.3, -0.25) is 9.59 Å². The molecule has 0 radical (unpaired) electrons. The predicted octanol–water partition coefficient (Wildman–Crippen LogP) is 2.35. The van der Waals surface area contributed by atoms with E-state index < -0.39 is 15.6 Å². The fraction of sp³-hybridized carbons (Fsp3) is 0.600. The van der Waals surface area contributed by atoms with Crippen LogP contribution in [-0.4, -0.2) is 43.8 Å². The van der Waals surface area contributed by atoms with Crippen molar-refractivity contribution in [1.29, 1.82) is 0 Å². The van der Waals surface area contributed by atoms with Crippen molar-refractivity contribution in [3.05, 3.63) is 24.3 Å². The summed E-state index contributed by atoms with van der Waals surface area (Å²) < 4.78 is 27.6. The van der Waals surface area contributed by atoms with Gasteiger partial charge in [-0.1, -0.05) is 6.07 Å². The molecule has 0 aromatic heterocycles. The van der Waals surface area contributed by atoms with E-state index in [1.807, 2.05) is 0 Å². The summed E-state index contributed by atoms with van der Waals surface area (Å²) in [5, 5.41) is 2.82. The zero-order valence-corrected chi connectivity index (χ0v) is 17.5. The number of piperidine rings is 1. The summed E-state index contributed by atoms with van der Waals surface area (Å²) in [4.78, 5) is 26.9. The molecule has 1 atom stereocenters. The maximum atomic E-state index is 12.7. The van der Waals surface area contributed by atoms with Gasteiger partial charge in [0.25, 0.3) is 0 Å². The van der Waals surface area contributed by atoms with E-state index in [1.54, 1.807) is 37.8 Å². The molecule has 0 bridgehead atoms. The summed E-state index contributed by atoms with van der Waals surface area (Å²) in [6.07, 6.45) is 3.44. The summed E-state index contributed by atoms with van der Waals surface area (Å²) in [6.45, 7) is 6.46. The molecular formula is C20H29N3O4S. The monoisotopic (exact) mass is 407 g/mol. The highest BCUT2D eigenvalue weighted by Crippen LogP contribution is 2.32. The van der Waals surface area contributed by atoms with Crippen LogP contribution in [0.5, 0.6) is 0 Å². The zero-order valence-electron chi connectivity index (χ0n) is 16.7. The Morgan fingerprint density at radius 2 is 1.82 bits per heavy atom. The van der Waals surface area contributed by atoms with Gasteiger partial charge in [-0.2, -0.15) is 0 Å². The largest absolute Gasteiger partial charge is 0.342 e. The highest BCUT2D eigenvalue weighted by Gasteiger charge is 2.36. The second-order valence-electron chi connectivity index (χ2n) is 8.77. The Morgan fingerprint density at radius 3 is 2.46 bits per heavy atom. The average Bonchev–Trinajstić information content (AvgIpc) is 3.44. The number of hydrogen-bond acceptors (Lipinski definition) is 4. The van der Waals surface area contributed by atoms with Gasteiger partial charge in [-0.05, 0) is 64.7 Å². The molecule has 1 aromatic rings. The molecule has 1 aliphatic heterocycles. The average molecular weight is 408 g/mol. The van der Waals surface area contributed by atoms with E-state index in [0.717, 1.165) is 25.7 Å². The van der Waals surface area contributed by atoms with Crippen molar-refractivity contribution in [2.45, 2.75) is 56.9 Å². The number of carbonyl (C=O) groups is 2. The minimum atomic E-state index is -3.68. The smallest absolute Gasteiger partial charge is 0.241 e. The van der Waals surface area contributed by atoms with Gasteiger partial charge in [0.1, 0.15) is 0 Å². The topological polar surface area (TPSA) is 95.6 Å². The number of amides is 2. The van der Waals surface area contributed by atoms with Crippen molar-refractivity contribution in [1.82, 2.24) is 9.62 Å². The van der Waals surface area contributed by atoms with Gasteiger partial charge in [0, 0.05) is 30.2 Å². The Morgan fingerprint density at radius 1 is 1.11 bits per heavy atom. The van der Waals surface area contributed by atoms with E-state index in [0.29, 0.717) is 18.8 Å². The minimum absolute atomic E-state index is 0.106. The number of likely N-dealkylation sites (tertiary alicyclic amines) is 1. The molecule has 28 heavy (non-hydrogen) atoms. The van der Waals surface area contributed by atoms with E-state index >= 15 is 0 Å². The fourth-order valence-electron chi connectivity index (χ4n) is 3.43. The van der Waals surface area contributed by atoms with E-state index in [-0.39, 0.29) is 28.5 Å². The van der Waals surface area contributed by atoms with Crippen molar-refractivity contribution < 1.29 is 18.0 Å². The summed E-state index contributed by atoms with van der Waals surface area (Å²) in [5.41, 5.74) is -0.162. The van der Waals surface area contributed by atoms with E-state index in [9.17, 15) is 18.0 Å². The Bertz CT molecular complexity index is 856. The third kappa shape index (κ3) is 5.32. The molecule has 7 nitrogen and oxygen atoms in total. The summed E-state index contributed by atoms with van der Waals surface area (Å²) in [7, 11) is -3.68. The van der Waals surface area contributed by atoms with Crippen LogP contribution in [0.25, 0.3) is 0 Å². The molecule has 2 amide bonds. The van der Waals surface area contributed by atoms with Crippen LogP contribution in [-0.2, 0) is 19.6 Å². The Kier molecular flexibility index (Phi) is 5.82. The first kappa shape index (κ1) is 20.8. The summed E-state index contributed by atoms with van der Waals surface area (Å²) in [6, 6.07) is 6.24. The van der Waals surface area contributed by atoms with E-state index in [4.69, 9.17) is 0 Å². The number of carbonyl (C=O) groups excluding carboxylic acids is 2. The maximum Gasteiger partial charge on any atom is 0.241 e. The first-order valence-corrected chi connectivity index (χ1v) is 11.3. The van der Waals surface area contributed by atoms with Crippen LogP contribution in [0.15, 0.2) is 29.2 Å². The normalized spacial score (nSPS) is 20.7. The molecule has 3 rings (SSSR count). The lowest BCUT2D eigenvalue weighted by atomic mass is 9.96. The van der Waals surface area contributed by atoms with Crippen molar-refractivity contribution >= 4 is 27.5 Å². The van der Waals surface area contributed by atoms with Gasteiger partial charge >= 0.3 is 0 Å². The summed E-state index contributed by atoms with van der Waals surface area (Å²) >= 11 is 0. The standard InChI is InChI=1S/C20H29N3O4S/c1-20(2,3)22-28(26,27)17-8-4-7-16(12-17)21-18(24)15-6-5-11-23(13-15)19(25)14-9-10-14/h4,7-8,12,14-15,22H,5-6,9-11,13H2,1-3H3,(H,21,24). The number of sulfonamides is 1. The molecule has 1 saturated carbocycles. The van der Waals surface area contributed by atoms with Gasteiger partial charge < -0.3 is 10.2 Å². The van der Waals surface area contributed by atoms with Crippen molar-refractivity contribution in [3.63, 3.8) is 0 Å². The molecule has 2 aliphatic rings. The Labute approximate surface area is 166 Å². The minimum Gasteiger partial charge on any atom is -0.342 e. The number of nitrogens with one attached hydrogen (secondary N) is 2. The molecule has 1 unspecified atom stereocenters. The second kappa shape index (κ2) is 7.83. The van der Waals surface area contributed by atoms with Crippen LogP contribution in [0.3, 0.4) is 0 Å². The Hall–Kier alpha value is -1.93. The number of hydrogen-bond donors (Lipinski definition) is 2. The predicted molar refractivity (Wildman–Crippen MR) is 107 cm³/mol. The van der Waals surface area contributed by atoms with Crippen LogP contribution in [0.2, 0.25) is 0 Å². The number of benzene rings is 1. The summed E-state index contributed by atoms with van der Waals surface area (Å²) in [5.74, 6) is -0.131. The molecule has 1 aliphatic carbocycles. The zero-order chi connectivity index (χ0) is 20.5. The van der Waals surface area contributed by atoms with Gasteiger partial charge in [0.2, 0.25) is 21.8 Å². The first-order chi connectivity index (χ1) is 13.0. The number of rotatable bonds is 5. The second-order valence-corrected chi connectivity index (χ2v) is 10.5. The lowest BCUT2D eigenvalue weighted by Gasteiger charge is -2.32. The van der Waals surface area contributed by atoms with Crippen molar-refractivity contribution in [2.75, 3.05) is 18.4 Å². The molecule has 1 heterocycles. The van der Waals surface area contributed by atoms with Crippen LogP contribution in [0, 0.1) is 11.8 Å². The lowest BCUT2D eigenvalue weighted by molar-refractivity contribution is -0.135. The highest BCUT2D eigenvalue weighted by molar-refractivity contribution is 7.89. The third-order valence-electron chi connectivity index (χ3n) is 4.88. The number of anilines is 1. The molecule has 0 spiro atoms. The van der Waals surface area contributed by atoms with Crippen LogP contribution < -0.4 is 10.0 Å². The molecule has 154 valence electrons. The molecule has 2 fully saturated rings. The lowest BCUT2D eigenvalue weighted by Crippen LogP contribution is -2.44. The highest BCUT2D eigenvalue weighted by atomic mass is 32.2. The molecule has 8 heteroatoms. The SMILES string of the molecule is CC(C)(C)NS(=O)(=O)c1cccc(NC(=O)C2CCCN(C(=O)C3CC3)C2)c1. The fourth-order valence-corrected chi connectivity index (χ4v) is 4.89.